The van der Waals surface area contributed by atoms with Crippen molar-refractivity contribution in [3.05, 3.63) is 47.3 Å². The lowest BCUT2D eigenvalue weighted by Crippen LogP contribution is -2.40. The van der Waals surface area contributed by atoms with E-state index < -0.39 is 18.5 Å². The van der Waals surface area contributed by atoms with E-state index in [9.17, 15) is 14.4 Å². The molecule has 0 aliphatic rings. The minimum Gasteiger partial charge on any atom is -0.451 e. The van der Waals surface area contributed by atoms with Crippen LogP contribution in [0.5, 0.6) is 0 Å². The third kappa shape index (κ3) is 6.74. The quantitative estimate of drug-likeness (QED) is 0.597. The number of ether oxygens (including phenoxy) is 1. The number of carbonyl (C=O) groups excluding carboxylic acids is 3. The summed E-state index contributed by atoms with van der Waals surface area (Å²) in [5, 5.41) is 9.49. The van der Waals surface area contributed by atoms with Gasteiger partial charge in [0.05, 0.1) is 6.54 Å². The molecule has 0 aliphatic carbocycles. The number of H-pyrrole nitrogens is 1. The van der Waals surface area contributed by atoms with E-state index in [1.165, 1.54) is 4.90 Å². The SMILES string of the molecule is CCCc1cc(C(=O)OCC(=O)N(CCC)CC(=O)Nc2ccccc2C)n[nH]1. The van der Waals surface area contributed by atoms with Gasteiger partial charge in [-0.3, -0.25) is 14.7 Å². The Bertz CT molecular complexity index is 847. The summed E-state index contributed by atoms with van der Waals surface area (Å²) >= 11 is 0. The summed E-state index contributed by atoms with van der Waals surface area (Å²) in [5.41, 5.74) is 2.62. The number of hydrogen-bond acceptors (Lipinski definition) is 5. The number of benzene rings is 1. The first-order valence-corrected chi connectivity index (χ1v) is 9.79. The molecule has 2 amide bonds. The van der Waals surface area contributed by atoms with Gasteiger partial charge in [0.15, 0.2) is 12.3 Å². The summed E-state index contributed by atoms with van der Waals surface area (Å²) in [6.07, 6.45) is 2.38. The Morgan fingerprint density at radius 1 is 1.17 bits per heavy atom. The van der Waals surface area contributed by atoms with Gasteiger partial charge in [-0.2, -0.15) is 5.10 Å². The second-order valence-corrected chi connectivity index (χ2v) is 6.78. The van der Waals surface area contributed by atoms with Crippen LogP contribution in [-0.4, -0.2) is 52.6 Å². The number of rotatable bonds is 10. The number of nitrogens with one attached hydrogen (secondary N) is 2. The minimum atomic E-state index is -0.669. The zero-order valence-corrected chi connectivity index (χ0v) is 17.2. The normalized spacial score (nSPS) is 10.4. The molecule has 1 aromatic carbocycles. The molecule has 1 heterocycles. The van der Waals surface area contributed by atoms with Crippen molar-refractivity contribution in [3.63, 3.8) is 0 Å². The fourth-order valence-corrected chi connectivity index (χ4v) is 2.79. The zero-order valence-electron chi connectivity index (χ0n) is 17.2. The standard InChI is InChI=1S/C21H28N4O4/c1-4-8-16-12-18(24-23-16)21(28)29-14-20(27)25(11-5-2)13-19(26)22-17-10-7-6-9-15(17)3/h6-7,9-10,12H,4-5,8,11,13-14H2,1-3H3,(H,22,26)(H,23,24). The fourth-order valence-electron chi connectivity index (χ4n) is 2.79. The highest BCUT2D eigenvalue weighted by Gasteiger charge is 2.20. The van der Waals surface area contributed by atoms with Crippen LogP contribution in [0.1, 0.15) is 48.4 Å². The van der Waals surface area contributed by atoms with E-state index in [0.717, 1.165) is 24.1 Å². The molecule has 8 nitrogen and oxygen atoms in total. The van der Waals surface area contributed by atoms with E-state index in [4.69, 9.17) is 4.74 Å². The van der Waals surface area contributed by atoms with Crippen molar-refractivity contribution in [3.8, 4) is 0 Å². The fraction of sp³-hybridized carbons (Fsp3) is 0.429. The number of anilines is 1. The number of nitrogens with zero attached hydrogens (tertiary/aromatic N) is 2. The molecular weight excluding hydrogens is 372 g/mol. The van der Waals surface area contributed by atoms with Gasteiger partial charge in [-0.05, 0) is 37.5 Å². The van der Waals surface area contributed by atoms with Gasteiger partial charge in [-0.1, -0.05) is 38.5 Å². The molecule has 2 N–H and O–H groups in total. The molecule has 0 aliphatic heterocycles. The highest BCUT2D eigenvalue weighted by molar-refractivity contribution is 5.95. The molecule has 0 saturated heterocycles. The second kappa shape index (κ2) is 11.0. The molecule has 156 valence electrons. The van der Waals surface area contributed by atoms with Gasteiger partial charge >= 0.3 is 5.97 Å². The van der Waals surface area contributed by atoms with Crippen molar-refractivity contribution < 1.29 is 19.1 Å². The lowest BCUT2D eigenvalue weighted by Gasteiger charge is -2.21. The predicted octanol–water partition coefficient (Wildman–Crippen LogP) is 2.70. The lowest BCUT2D eigenvalue weighted by atomic mass is 10.2. The summed E-state index contributed by atoms with van der Waals surface area (Å²) in [4.78, 5) is 38.3. The van der Waals surface area contributed by atoms with Crippen molar-refractivity contribution >= 4 is 23.5 Å². The van der Waals surface area contributed by atoms with Crippen LogP contribution in [0.25, 0.3) is 0 Å². The summed E-state index contributed by atoms with van der Waals surface area (Å²) in [5.74, 6) is -1.40. The first-order valence-electron chi connectivity index (χ1n) is 9.79. The zero-order chi connectivity index (χ0) is 21.2. The van der Waals surface area contributed by atoms with Crippen LogP contribution in [0.4, 0.5) is 5.69 Å². The summed E-state index contributed by atoms with van der Waals surface area (Å²) in [6.45, 7) is 5.67. The molecule has 0 fully saturated rings. The monoisotopic (exact) mass is 400 g/mol. The first-order chi connectivity index (χ1) is 13.9. The molecule has 8 heteroatoms. The summed E-state index contributed by atoms with van der Waals surface area (Å²) in [7, 11) is 0. The Morgan fingerprint density at radius 3 is 2.62 bits per heavy atom. The van der Waals surface area contributed by atoms with E-state index >= 15 is 0 Å². The molecule has 2 aromatic rings. The van der Waals surface area contributed by atoms with Gasteiger partial charge in [0, 0.05) is 17.9 Å². The number of amides is 2. The molecule has 0 spiro atoms. The maximum Gasteiger partial charge on any atom is 0.359 e. The number of aryl methyl sites for hydroxylation is 2. The third-order valence-corrected chi connectivity index (χ3v) is 4.29. The average molecular weight is 400 g/mol. The van der Waals surface area contributed by atoms with Crippen LogP contribution in [0.15, 0.2) is 30.3 Å². The molecule has 0 unspecified atom stereocenters. The summed E-state index contributed by atoms with van der Waals surface area (Å²) in [6, 6.07) is 9.03. The minimum absolute atomic E-state index is 0.110. The van der Waals surface area contributed by atoms with E-state index in [1.54, 1.807) is 12.1 Å². The van der Waals surface area contributed by atoms with Crippen LogP contribution < -0.4 is 5.32 Å². The van der Waals surface area contributed by atoms with Crippen LogP contribution >= 0.6 is 0 Å². The maximum absolute atomic E-state index is 12.5. The molecular formula is C21H28N4O4. The van der Waals surface area contributed by atoms with E-state index in [0.29, 0.717) is 18.7 Å². The number of hydrogen-bond donors (Lipinski definition) is 2. The van der Waals surface area contributed by atoms with Gasteiger partial charge in [-0.15, -0.1) is 0 Å². The number of carbonyl (C=O) groups is 3. The van der Waals surface area contributed by atoms with E-state index in [-0.39, 0.29) is 18.1 Å². The van der Waals surface area contributed by atoms with Crippen molar-refractivity contribution in [2.45, 2.75) is 40.0 Å². The predicted molar refractivity (Wildman–Crippen MR) is 110 cm³/mol. The van der Waals surface area contributed by atoms with Crippen molar-refractivity contribution in [1.29, 1.82) is 0 Å². The smallest absolute Gasteiger partial charge is 0.359 e. The Hall–Kier alpha value is -3.16. The lowest BCUT2D eigenvalue weighted by molar-refractivity contribution is -0.137. The number of aromatic nitrogens is 2. The number of aromatic amines is 1. The molecule has 1 aromatic heterocycles. The Labute approximate surface area is 170 Å². The summed E-state index contributed by atoms with van der Waals surface area (Å²) < 4.78 is 5.08. The van der Waals surface area contributed by atoms with Gasteiger partial charge in [0.2, 0.25) is 5.91 Å². The Kier molecular flexibility index (Phi) is 8.39. The van der Waals surface area contributed by atoms with Gasteiger partial charge in [0.25, 0.3) is 5.91 Å². The molecule has 0 bridgehead atoms. The Morgan fingerprint density at radius 2 is 1.93 bits per heavy atom. The highest BCUT2D eigenvalue weighted by Crippen LogP contribution is 2.13. The highest BCUT2D eigenvalue weighted by atomic mass is 16.5. The van der Waals surface area contributed by atoms with Gasteiger partial charge in [0.1, 0.15) is 0 Å². The molecule has 0 saturated carbocycles. The van der Waals surface area contributed by atoms with E-state index in [2.05, 4.69) is 15.5 Å². The molecule has 0 atom stereocenters. The van der Waals surface area contributed by atoms with Crippen molar-refractivity contribution in [1.82, 2.24) is 15.1 Å². The van der Waals surface area contributed by atoms with Gasteiger partial charge < -0.3 is 15.0 Å². The second-order valence-electron chi connectivity index (χ2n) is 6.78. The maximum atomic E-state index is 12.5. The molecule has 0 radical (unpaired) electrons. The number of esters is 1. The van der Waals surface area contributed by atoms with Crippen LogP contribution in [-0.2, 0) is 20.7 Å². The van der Waals surface area contributed by atoms with Crippen LogP contribution in [0, 0.1) is 6.92 Å². The molecule has 2 rings (SSSR count). The topological polar surface area (TPSA) is 104 Å². The third-order valence-electron chi connectivity index (χ3n) is 4.29. The van der Waals surface area contributed by atoms with Gasteiger partial charge in [-0.25, -0.2) is 4.79 Å². The van der Waals surface area contributed by atoms with Crippen molar-refractivity contribution in [2.75, 3.05) is 25.0 Å². The van der Waals surface area contributed by atoms with Crippen LogP contribution in [0.2, 0.25) is 0 Å². The molecule has 29 heavy (non-hydrogen) atoms. The Balaban J connectivity index is 1.89. The first kappa shape index (κ1) is 22.1. The van der Waals surface area contributed by atoms with Crippen molar-refractivity contribution in [2.24, 2.45) is 0 Å². The number of para-hydroxylation sites is 1. The average Bonchev–Trinajstić information content (AvgIpc) is 3.16. The largest absolute Gasteiger partial charge is 0.451 e. The van der Waals surface area contributed by atoms with Crippen LogP contribution in [0.3, 0.4) is 0 Å². The van der Waals surface area contributed by atoms with E-state index in [1.807, 2.05) is 39.0 Å².